The van der Waals surface area contributed by atoms with Crippen LogP contribution >= 0.6 is 0 Å². The monoisotopic (exact) mass is 286 g/mol. The van der Waals surface area contributed by atoms with Crippen LogP contribution in [0.25, 0.3) is 0 Å². The molecule has 1 unspecified atom stereocenters. The second-order valence-electron chi connectivity index (χ2n) is 5.50. The molecule has 110 valence electrons. The van der Waals surface area contributed by atoms with Crippen molar-refractivity contribution in [3.63, 3.8) is 0 Å². The number of hydrogen-bond acceptors (Lipinski definition) is 4. The second kappa shape index (κ2) is 5.65. The highest BCUT2D eigenvalue weighted by Crippen LogP contribution is 2.38. The number of nitrogens with one attached hydrogen (secondary N) is 2. The number of aromatic nitrogens is 3. The van der Waals surface area contributed by atoms with Crippen LogP contribution in [0.5, 0.6) is 0 Å². The molecule has 1 aliphatic carbocycles. The summed E-state index contributed by atoms with van der Waals surface area (Å²) in [4.78, 5) is 12.3. The van der Waals surface area contributed by atoms with E-state index in [0.29, 0.717) is 24.2 Å². The van der Waals surface area contributed by atoms with E-state index < -0.39 is 0 Å². The minimum Gasteiger partial charge on any atom is -0.393 e. The van der Waals surface area contributed by atoms with E-state index in [-0.39, 0.29) is 24.0 Å². The van der Waals surface area contributed by atoms with Crippen LogP contribution in [0, 0.1) is 12.8 Å². The molecule has 6 nitrogen and oxygen atoms in total. The third kappa shape index (κ3) is 2.80. The van der Waals surface area contributed by atoms with Crippen molar-refractivity contribution >= 4 is 5.91 Å². The smallest absolute Gasteiger partial charge is 0.274 e. The number of aryl methyl sites for hydroxylation is 1. The predicted octanol–water partition coefficient (Wildman–Crippen LogP) is 1.36. The molecule has 1 amide bonds. The van der Waals surface area contributed by atoms with Crippen LogP contribution in [-0.2, 0) is 0 Å². The van der Waals surface area contributed by atoms with Gasteiger partial charge in [-0.1, -0.05) is 30.3 Å². The van der Waals surface area contributed by atoms with E-state index >= 15 is 0 Å². The van der Waals surface area contributed by atoms with Crippen molar-refractivity contribution in [1.82, 2.24) is 20.7 Å². The minimum absolute atomic E-state index is 0.113. The van der Waals surface area contributed by atoms with Gasteiger partial charge in [0.15, 0.2) is 5.69 Å². The Morgan fingerprint density at radius 1 is 1.33 bits per heavy atom. The third-order valence-electron chi connectivity index (χ3n) is 4.00. The molecule has 1 fully saturated rings. The molecule has 0 bridgehead atoms. The molecule has 3 N–H and O–H groups in total. The molecule has 1 heterocycles. The summed E-state index contributed by atoms with van der Waals surface area (Å²) >= 11 is 0. The normalized spacial score (nSPS) is 22.4. The molecule has 6 heteroatoms. The topological polar surface area (TPSA) is 90.9 Å². The number of H-pyrrole nitrogens is 1. The van der Waals surface area contributed by atoms with Crippen LogP contribution in [0.2, 0.25) is 0 Å². The number of hydrogen-bond donors (Lipinski definition) is 3. The van der Waals surface area contributed by atoms with Gasteiger partial charge >= 0.3 is 0 Å². The van der Waals surface area contributed by atoms with Gasteiger partial charge in [-0.05, 0) is 31.2 Å². The Morgan fingerprint density at radius 3 is 2.62 bits per heavy atom. The summed E-state index contributed by atoms with van der Waals surface area (Å²) in [5.74, 6) is 0.00931. The molecule has 1 aliphatic rings. The number of carbonyl (C=O) groups excluding carboxylic acids is 1. The van der Waals surface area contributed by atoms with Gasteiger partial charge in [-0.3, -0.25) is 4.79 Å². The molecule has 1 atom stereocenters. The Bertz CT molecular complexity index is 620. The average Bonchev–Trinajstić information content (AvgIpc) is 2.89. The van der Waals surface area contributed by atoms with Crippen LogP contribution in [-0.4, -0.2) is 32.5 Å². The van der Waals surface area contributed by atoms with Gasteiger partial charge in [0.25, 0.3) is 5.91 Å². The summed E-state index contributed by atoms with van der Waals surface area (Å²) in [5.41, 5.74) is 1.94. The number of aromatic amines is 1. The molecule has 0 aliphatic heterocycles. The number of carbonyl (C=O) groups is 1. The van der Waals surface area contributed by atoms with E-state index in [9.17, 15) is 9.90 Å². The van der Waals surface area contributed by atoms with Crippen LogP contribution in [0.3, 0.4) is 0 Å². The number of aliphatic hydroxyl groups is 1. The fraction of sp³-hybridized carbons (Fsp3) is 0.400. The molecule has 0 spiro atoms. The van der Waals surface area contributed by atoms with Crippen molar-refractivity contribution < 1.29 is 9.90 Å². The Balaban J connectivity index is 1.80. The number of amides is 1. The number of aliphatic hydroxyl groups excluding tert-OH is 1. The first-order valence-corrected chi connectivity index (χ1v) is 7.06. The average molecular weight is 286 g/mol. The predicted molar refractivity (Wildman–Crippen MR) is 76.5 cm³/mol. The van der Waals surface area contributed by atoms with Gasteiger partial charge in [-0.25, -0.2) is 0 Å². The Morgan fingerprint density at radius 2 is 2.05 bits per heavy atom. The van der Waals surface area contributed by atoms with E-state index in [4.69, 9.17) is 0 Å². The van der Waals surface area contributed by atoms with Crippen molar-refractivity contribution in [1.29, 1.82) is 0 Å². The zero-order chi connectivity index (χ0) is 14.8. The van der Waals surface area contributed by atoms with Crippen LogP contribution in [0.15, 0.2) is 30.3 Å². The van der Waals surface area contributed by atoms with Crippen molar-refractivity contribution in [2.75, 3.05) is 0 Å². The lowest BCUT2D eigenvalue weighted by Crippen LogP contribution is -2.41. The molecule has 0 radical (unpaired) electrons. The largest absolute Gasteiger partial charge is 0.393 e. The molecule has 3 rings (SSSR count). The Labute approximate surface area is 122 Å². The molecule has 1 saturated carbocycles. The zero-order valence-corrected chi connectivity index (χ0v) is 11.8. The maximum atomic E-state index is 12.3. The van der Waals surface area contributed by atoms with Gasteiger partial charge < -0.3 is 10.4 Å². The molecule has 1 aromatic carbocycles. The van der Waals surface area contributed by atoms with Gasteiger partial charge in [-0.2, -0.15) is 15.4 Å². The zero-order valence-electron chi connectivity index (χ0n) is 11.8. The highest BCUT2D eigenvalue weighted by atomic mass is 16.3. The van der Waals surface area contributed by atoms with Gasteiger partial charge in [0.2, 0.25) is 0 Å². The second-order valence-corrected chi connectivity index (χ2v) is 5.50. The molecule has 21 heavy (non-hydrogen) atoms. The maximum absolute atomic E-state index is 12.3. The van der Waals surface area contributed by atoms with Crippen LogP contribution in [0.1, 0.15) is 40.6 Å². The molecule has 0 saturated heterocycles. The Kier molecular flexibility index (Phi) is 3.70. The van der Waals surface area contributed by atoms with E-state index in [2.05, 4.69) is 20.7 Å². The first kappa shape index (κ1) is 13.8. The van der Waals surface area contributed by atoms with Gasteiger partial charge in [-0.15, -0.1) is 0 Å². The van der Waals surface area contributed by atoms with Gasteiger partial charge in [0.1, 0.15) is 0 Å². The van der Waals surface area contributed by atoms with E-state index in [1.54, 1.807) is 6.92 Å². The third-order valence-corrected chi connectivity index (χ3v) is 4.00. The van der Waals surface area contributed by atoms with Gasteiger partial charge in [0, 0.05) is 0 Å². The lowest BCUT2D eigenvalue weighted by molar-refractivity contribution is 0.0234. The standard InChI is InChI=1S/C15H18N4O2/c1-9-13(18-19-17-9)15(21)16-14(11-7-12(20)8-11)10-5-3-2-4-6-10/h2-6,11-12,14,20H,7-8H2,1H3,(H,16,21)(H,17,18,19). The summed E-state index contributed by atoms with van der Waals surface area (Å²) in [5, 5.41) is 22.8. The first-order chi connectivity index (χ1) is 10.1. The number of nitrogens with zero attached hydrogens (tertiary/aromatic N) is 2. The lowest BCUT2D eigenvalue weighted by atomic mass is 9.75. The summed E-state index contributed by atoms with van der Waals surface area (Å²) < 4.78 is 0. The van der Waals surface area contributed by atoms with Crippen molar-refractivity contribution in [3.05, 3.63) is 47.3 Å². The van der Waals surface area contributed by atoms with E-state index in [1.807, 2.05) is 30.3 Å². The summed E-state index contributed by atoms with van der Waals surface area (Å²) in [6.45, 7) is 1.74. The van der Waals surface area contributed by atoms with Crippen molar-refractivity contribution in [2.45, 2.75) is 31.9 Å². The maximum Gasteiger partial charge on any atom is 0.274 e. The molecular weight excluding hydrogens is 268 g/mol. The highest BCUT2D eigenvalue weighted by molar-refractivity contribution is 5.93. The first-order valence-electron chi connectivity index (χ1n) is 7.06. The van der Waals surface area contributed by atoms with Gasteiger partial charge in [0.05, 0.1) is 17.8 Å². The number of rotatable bonds is 4. The van der Waals surface area contributed by atoms with Crippen molar-refractivity contribution in [3.8, 4) is 0 Å². The summed E-state index contributed by atoms with van der Waals surface area (Å²) in [7, 11) is 0. The molecule has 1 aromatic heterocycles. The van der Waals surface area contributed by atoms with E-state index in [0.717, 1.165) is 5.56 Å². The summed E-state index contributed by atoms with van der Waals surface area (Å²) in [6.07, 6.45) is 1.15. The summed E-state index contributed by atoms with van der Waals surface area (Å²) in [6, 6.07) is 9.71. The molecule has 2 aromatic rings. The Hall–Kier alpha value is -2.21. The van der Waals surface area contributed by atoms with Crippen LogP contribution < -0.4 is 5.32 Å². The quantitative estimate of drug-likeness (QED) is 0.791. The number of benzene rings is 1. The van der Waals surface area contributed by atoms with Crippen molar-refractivity contribution in [2.24, 2.45) is 5.92 Å². The molecular formula is C15H18N4O2. The van der Waals surface area contributed by atoms with Crippen LogP contribution in [0.4, 0.5) is 0 Å². The lowest BCUT2D eigenvalue weighted by Gasteiger charge is -2.38. The fourth-order valence-corrected chi connectivity index (χ4v) is 2.74. The minimum atomic E-state index is -0.257. The highest BCUT2D eigenvalue weighted by Gasteiger charge is 2.36. The van der Waals surface area contributed by atoms with E-state index in [1.165, 1.54) is 0 Å². The SMILES string of the molecule is Cc1n[nH]nc1C(=O)NC(c1ccccc1)C1CC(O)C1. The fourth-order valence-electron chi connectivity index (χ4n) is 2.74.